The Bertz CT molecular complexity index is 286. The fourth-order valence-corrected chi connectivity index (χ4v) is 2.13. The Balaban J connectivity index is 0.00000144. The zero-order valence-electron chi connectivity index (χ0n) is 10.2. The molecule has 96 valence electrons. The second-order valence-electron chi connectivity index (χ2n) is 4.50. The summed E-state index contributed by atoms with van der Waals surface area (Å²) in [7, 11) is 0. The predicted molar refractivity (Wildman–Crippen MR) is 66.6 cm³/mol. The smallest absolute Gasteiger partial charge is 0.0506 e. The highest BCUT2D eigenvalue weighted by atomic mass is 35.5. The molecule has 0 aliphatic carbocycles. The van der Waals surface area contributed by atoms with Crippen molar-refractivity contribution >= 4 is 0 Å². The van der Waals surface area contributed by atoms with Crippen LogP contribution in [0.3, 0.4) is 0 Å². The summed E-state index contributed by atoms with van der Waals surface area (Å²) in [4.78, 5) is 0. The number of rotatable bonds is 5. The summed E-state index contributed by atoms with van der Waals surface area (Å²) in [5.41, 5.74) is 1.37. The summed E-state index contributed by atoms with van der Waals surface area (Å²) >= 11 is 0. The minimum Gasteiger partial charge on any atom is -1.00 e. The van der Waals surface area contributed by atoms with Crippen LogP contribution in [-0.2, 0) is 11.2 Å². The molecule has 3 heteroatoms. The zero-order valence-corrected chi connectivity index (χ0v) is 11.0. The standard InChI is InChI=1S/C14H21NO.ClH/c1-2-4-13(5-3-1)8-11-16-12-14-6-9-15-10-7-14;/h1-5,14-15H,6-12H2;1H/p-1. The molecule has 1 aromatic rings. The first kappa shape index (κ1) is 14.5. The van der Waals surface area contributed by atoms with Gasteiger partial charge in [0.1, 0.15) is 0 Å². The molecule has 0 spiro atoms. The van der Waals surface area contributed by atoms with Crippen molar-refractivity contribution in [2.75, 3.05) is 26.3 Å². The van der Waals surface area contributed by atoms with Crippen molar-refractivity contribution in [3.05, 3.63) is 35.9 Å². The van der Waals surface area contributed by atoms with Gasteiger partial charge < -0.3 is 22.5 Å². The first-order chi connectivity index (χ1) is 7.95. The van der Waals surface area contributed by atoms with Crippen LogP contribution >= 0.6 is 0 Å². The fourth-order valence-electron chi connectivity index (χ4n) is 2.13. The molecule has 2 rings (SSSR count). The summed E-state index contributed by atoms with van der Waals surface area (Å²) in [5, 5.41) is 3.38. The molecule has 0 bridgehead atoms. The van der Waals surface area contributed by atoms with E-state index in [1.54, 1.807) is 0 Å². The number of ether oxygens (including phenoxy) is 1. The quantitative estimate of drug-likeness (QED) is 0.699. The van der Waals surface area contributed by atoms with Crippen LogP contribution in [0.2, 0.25) is 0 Å². The number of halogens is 1. The highest BCUT2D eigenvalue weighted by Gasteiger charge is 2.12. The van der Waals surface area contributed by atoms with Gasteiger partial charge in [0.05, 0.1) is 6.61 Å². The molecule has 0 radical (unpaired) electrons. The monoisotopic (exact) mass is 254 g/mol. The molecule has 1 aromatic carbocycles. The Morgan fingerprint density at radius 2 is 1.82 bits per heavy atom. The summed E-state index contributed by atoms with van der Waals surface area (Å²) in [6, 6.07) is 10.5. The Hall–Kier alpha value is -0.570. The van der Waals surface area contributed by atoms with Crippen LogP contribution in [0, 0.1) is 5.92 Å². The van der Waals surface area contributed by atoms with Crippen molar-refractivity contribution in [3.8, 4) is 0 Å². The Kier molecular flexibility index (Phi) is 7.25. The van der Waals surface area contributed by atoms with Crippen LogP contribution in [-0.4, -0.2) is 26.3 Å². The van der Waals surface area contributed by atoms with E-state index in [0.717, 1.165) is 38.6 Å². The third-order valence-corrected chi connectivity index (χ3v) is 3.19. The van der Waals surface area contributed by atoms with Crippen LogP contribution in [0.15, 0.2) is 30.3 Å². The molecule has 1 heterocycles. The van der Waals surface area contributed by atoms with Gasteiger partial charge in [-0.3, -0.25) is 0 Å². The molecule has 0 amide bonds. The van der Waals surface area contributed by atoms with Gasteiger partial charge in [0, 0.05) is 6.61 Å². The van der Waals surface area contributed by atoms with Gasteiger partial charge in [0.2, 0.25) is 0 Å². The minimum absolute atomic E-state index is 0. The molecular weight excluding hydrogens is 234 g/mol. The van der Waals surface area contributed by atoms with E-state index < -0.39 is 0 Å². The van der Waals surface area contributed by atoms with Crippen LogP contribution in [0.25, 0.3) is 0 Å². The van der Waals surface area contributed by atoms with E-state index in [4.69, 9.17) is 4.74 Å². The van der Waals surface area contributed by atoms with Crippen LogP contribution < -0.4 is 17.7 Å². The Morgan fingerprint density at radius 1 is 1.12 bits per heavy atom. The number of benzene rings is 1. The molecule has 0 aromatic heterocycles. The molecular formula is C14H21ClNO-. The van der Waals surface area contributed by atoms with E-state index in [9.17, 15) is 0 Å². The average Bonchev–Trinajstić information content (AvgIpc) is 2.37. The van der Waals surface area contributed by atoms with E-state index in [0.29, 0.717) is 0 Å². The van der Waals surface area contributed by atoms with E-state index in [1.165, 1.54) is 18.4 Å². The Labute approximate surface area is 110 Å². The highest BCUT2D eigenvalue weighted by Crippen LogP contribution is 2.11. The lowest BCUT2D eigenvalue weighted by atomic mass is 9.99. The first-order valence-electron chi connectivity index (χ1n) is 6.27. The van der Waals surface area contributed by atoms with Crippen molar-refractivity contribution in [1.82, 2.24) is 5.32 Å². The van der Waals surface area contributed by atoms with Gasteiger partial charge in [0.25, 0.3) is 0 Å². The molecule has 1 aliphatic rings. The number of piperidine rings is 1. The van der Waals surface area contributed by atoms with Crippen LogP contribution in [0.1, 0.15) is 18.4 Å². The summed E-state index contributed by atoms with van der Waals surface area (Å²) in [6.07, 6.45) is 3.57. The third kappa shape index (κ3) is 5.53. The van der Waals surface area contributed by atoms with E-state index in [-0.39, 0.29) is 12.4 Å². The maximum atomic E-state index is 5.75. The zero-order chi connectivity index (χ0) is 11.1. The van der Waals surface area contributed by atoms with Gasteiger partial charge in [-0.1, -0.05) is 30.3 Å². The lowest BCUT2D eigenvalue weighted by Crippen LogP contribution is -3.00. The molecule has 0 unspecified atom stereocenters. The maximum absolute atomic E-state index is 5.75. The number of nitrogens with one attached hydrogen (secondary N) is 1. The third-order valence-electron chi connectivity index (χ3n) is 3.19. The molecule has 1 N–H and O–H groups in total. The van der Waals surface area contributed by atoms with Gasteiger partial charge in [-0.15, -0.1) is 0 Å². The van der Waals surface area contributed by atoms with Gasteiger partial charge in [-0.25, -0.2) is 0 Å². The van der Waals surface area contributed by atoms with E-state index >= 15 is 0 Å². The molecule has 0 atom stereocenters. The van der Waals surface area contributed by atoms with Gasteiger partial charge in [0.15, 0.2) is 0 Å². The summed E-state index contributed by atoms with van der Waals surface area (Å²) in [6.45, 7) is 4.11. The SMILES string of the molecule is [Cl-].c1ccc(CCOCC2CCNCC2)cc1. The average molecular weight is 255 g/mol. The lowest BCUT2D eigenvalue weighted by Gasteiger charge is -2.22. The molecule has 2 nitrogen and oxygen atoms in total. The molecule has 1 aliphatic heterocycles. The van der Waals surface area contributed by atoms with E-state index in [1.807, 2.05) is 0 Å². The van der Waals surface area contributed by atoms with Crippen LogP contribution in [0.4, 0.5) is 0 Å². The molecule has 17 heavy (non-hydrogen) atoms. The first-order valence-corrected chi connectivity index (χ1v) is 6.27. The predicted octanol–water partition coefficient (Wildman–Crippen LogP) is -0.751. The summed E-state index contributed by atoms with van der Waals surface area (Å²) in [5.74, 6) is 0.775. The highest BCUT2D eigenvalue weighted by molar-refractivity contribution is 5.14. The molecule has 0 saturated carbocycles. The van der Waals surface area contributed by atoms with Crippen molar-refractivity contribution in [3.63, 3.8) is 0 Å². The van der Waals surface area contributed by atoms with Crippen molar-refractivity contribution < 1.29 is 17.1 Å². The van der Waals surface area contributed by atoms with Gasteiger partial charge in [-0.2, -0.15) is 0 Å². The number of hydrogen-bond donors (Lipinski definition) is 1. The maximum Gasteiger partial charge on any atom is 0.0506 e. The topological polar surface area (TPSA) is 21.3 Å². The van der Waals surface area contributed by atoms with E-state index in [2.05, 4.69) is 35.6 Å². The molecule has 1 saturated heterocycles. The van der Waals surface area contributed by atoms with Crippen molar-refractivity contribution in [2.45, 2.75) is 19.3 Å². The largest absolute Gasteiger partial charge is 1.00 e. The molecule has 1 fully saturated rings. The second-order valence-corrected chi connectivity index (χ2v) is 4.50. The fraction of sp³-hybridized carbons (Fsp3) is 0.571. The lowest BCUT2D eigenvalue weighted by molar-refractivity contribution is -0.00000401. The van der Waals surface area contributed by atoms with Crippen molar-refractivity contribution in [1.29, 1.82) is 0 Å². The normalized spacial score (nSPS) is 16.5. The van der Waals surface area contributed by atoms with Gasteiger partial charge >= 0.3 is 0 Å². The van der Waals surface area contributed by atoms with Crippen molar-refractivity contribution in [2.24, 2.45) is 5.92 Å². The number of hydrogen-bond acceptors (Lipinski definition) is 2. The van der Waals surface area contributed by atoms with Gasteiger partial charge in [-0.05, 0) is 43.8 Å². The van der Waals surface area contributed by atoms with Crippen LogP contribution in [0.5, 0.6) is 0 Å². The minimum atomic E-state index is 0. The second kappa shape index (κ2) is 8.51. The summed E-state index contributed by atoms with van der Waals surface area (Å²) < 4.78 is 5.75. The Morgan fingerprint density at radius 3 is 2.53 bits per heavy atom.